The second-order valence-corrected chi connectivity index (χ2v) is 5.68. The van der Waals surface area contributed by atoms with E-state index in [0.29, 0.717) is 0 Å². The predicted molar refractivity (Wildman–Crippen MR) is 66.3 cm³/mol. The molecule has 0 spiro atoms. The van der Waals surface area contributed by atoms with E-state index in [9.17, 15) is 0 Å². The third kappa shape index (κ3) is 3.50. The summed E-state index contributed by atoms with van der Waals surface area (Å²) in [4.78, 5) is 0. The van der Waals surface area contributed by atoms with Crippen molar-refractivity contribution >= 4 is 0 Å². The zero-order chi connectivity index (χ0) is 10.5. The van der Waals surface area contributed by atoms with Crippen LogP contribution >= 0.6 is 0 Å². The van der Waals surface area contributed by atoms with Gasteiger partial charge in [-0.3, -0.25) is 0 Å². The fourth-order valence-corrected chi connectivity index (χ4v) is 3.38. The molecule has 0 amide bonds. The van der Waals surface area contributed by atoms with Crippen LogP contribution in [0.15, 0.2) is 0 Å². The monoisotopic (exact) mass is 206 g/mol. The maximum Gasteiger partial charge on any atom is -0.0352 e. The van der Waals surface area contributed by atoms with Gasteiger partial charge in [0.1, 0.15) is 0 Å². The Morgan fingerprint density at radius 2 is 1.73 bits per heavy atom. The SMILES string of the molecule is CC(CC1[CH]CCCC1)C1[CH]CCCC1. The largest absolute Gasteiger partial charge is 0.0622 e. The minimum atomic E-state index is 0.935. The van der Waals surface area contributed by atoms with Crippen molar-refractivity contribution < 1.29 is 0 Å². The van der Waals surface area contributed by atoms with Gasteiger partial charge in [-0.05, 0) is 56.3 Å². The standard InChI is InChI=1S/C15H26/c1-13(15-10-6-3-7-11-15)12-14-8-4-2-5-9-14/h8,10,13-15H,2-7,9,11-12H2,1H3. The lowest BCUT2D eigenvalue weighted by atomic mass is 9.74. The van der Waals surface area contributed by atoms with E-state index in [1.165, 1.54) is 57.8 Å². The van der Waals surface area contributed by atoms with Crippen LogP contribution in [0.1, 0.15) is 64.7 Å². The summed E-state index contributed by atoms with van der Waals surface area (Å²) in [7, 11) is 0. The first-order valence-corrected chi connectivity index (χ1v) is 7.03. The number of rotatable bonds is 3. The molecule has 3 atom stereocenters. The van der Waals surface area contributed by atoms with E-state index in [1.807, 2.05) is 0 Å². The molecule has 2 rings (SSSR count). The van der Waals surface area contributed by atoms with Crippen LogP contribution in [-0.4, -0.2) is 0 Å². The van der Waals surface area contributed by atoms with Crippen LogP contribution in [0.4, 0.5) is 0 Å². The van der Waals surface area contributed by atoms with Gasteiger partial charge in [-0.25, -0.2) is 0 Å². The average molecular weight is 206 g/mol. The molecule has 0 heterocycles. The van der Waals surface area contributed by atoms with E-state index in [1.54, 1.807) is 0 Å². The minimum absolute atomic E-state index is 0.935. The minimum Gasteiger partial charge on any atom is -0.0622 e. The summed E-state index contributed by atoms with van der Waals surface area (Å²) in [5.74, 6) is 2.82. The summed E-state index contributed by atoms with van der Waals surface area (Å²) < 4.78 is 0. The summed E-state index contributed by atoms with van der Waals surface area (Å²) in [6, 6.07) is 0. The van der Waals surface area contributed by atoms with E-state index in [2.05, 4.69) is 19.8 Å². The fourth-order valence-electron chi connectivity index (χ4n) is 3.38. The maximum atomic E-state index is 2.61. The summed E-state index contributed by atoms with van der Waals surface area (Å²) in [5, 5.41) is 0. The molecule has 0 aromatic carbocycles. The second-order valence-electron chi connectivity index (χ2n) is 5.68. The van der Waals surface area contributed by atoms with Crippen molar-refractivity contribution in [2.75, 3.05) is 0 Å². The van der Waals surface area contributed by atoms with Gasteiger partial charge in [-0.15, -0.1) is 0 Å². The number of hydrogen-bond donors (Lipinski definition) is 0. The molecule has 0 aromatic heterocycles. The Hall–Kier alpha value is 0. The van der Waals surface area contributed by atoms with E-state index < -0.39 is 0 Å². The van der Waals surface area contributed by atoms with Crippen molar-refractivity contribution in [3.8, 4) is 0 Å². The lowest BCUT2D eigenvalue weighted by Crippen LogP contribution is -2.20. The molecule has 0 saturated heterocycles. The molecule has 2 radical (unpaired) electrons. The van der Waals surface area contributed by atoms with Gasteiger partial charge in [0.2, 0.25) is 0 Å². The van der Waals surface area contributed by atoms with E-state index in [0.717, 1.165) is 17.8 Å². The highest BCUT2D eigenvalue weighted by Gasteiger charge is 2.24. The predicted octanol–water partition coefficient (Wildman–Crippen LogP) is 4.80. The van der Waals surface area contributed by atoms with Crippen molar-refractivity contribution in [2.45, 2.75) is 64.7 Å². The van der Waals surface area contributed by atoms with Gasteiger partial charge < -0.3 is 0 Å². The van der Waals surface area contributed by atoms with Gasteiger partial charge in [0.25, 0.3) is 0 Å². The maximum absolute atomic E-state index is 2.61. The first-order valence-electron chi connectivity index (χ1n) is 7.03. The molecule has 15 heavy (non-hydrogen) atoms. The van der Waals surface area contributed by atoms with Crippen molar-refractivity contribution in [1.29, 1.82) is 0 Å². The normalized spacial score (nSPS) is 27.8. The van der Waals surface area contributed by atoms with Crippen LogP contribution in [0.5, 0.6) is 0 Å². The third-order valence-electron chi connectivity index (χ3n) is 4.40. The molecule has 0 aliphatic heterocycles. The summed E-state index contributed by atoms with van der Waals surface area (Å²) in [6.45, 7) is 2.48. The van der Waals surface area contributed by atoms with Crippen molar-refractivity contribution in [1.82, 2.24) is 0 Å². The van der Waals surface area contributed by atoms with Crippen LogP contribution in [0.3, 0.4) is 0 Å². The molecule has 86 valence electrons. The summed E-state index contributed by atoms with van der Waals surface area (Å²) >= 11 is 0. The number of hydrogen-bond acceptors (Lipinski definition) is 0. The molecule has 2 saturated carbocycles. The summed E-state index contributed by atoms with van der Waals surface area (Å²) in [6.07, 6.45) is 18.2. The van der Waals surface area contributed by atoms with E-state index >= 15 is 0 Å². The first-order chi connectivity index (χ1) is 7.36. The Bertz CT molecular complexity index is 161. The Balaban J connectivity index is 1.72. The Labute approximate surface area is 95.8 Å². The topological polar surface area (TPSA) is 0 Å². The highest BCUT2D eigenvalue weighted by Crippen LogP contribution is 2.35. The van der Waals surface area contributed by atoms with Crippen molar-refractivity contribution in [2.24, 2.45) is 17.8 Å². The quantitative estimate of drug-likeness (QED) is 0.622. The Kier molecular flexibility index (Phi) is 4.53. The highest BCUT2D eigenvalue weighted by molar-refractivity contribution is 4.88. The first kappa shape index (κ1) is 11.5. The van der Waals surface area contributed by atoms with E-state index in [4.69, 9.17) is 0 Å². The van der Waals surface area contributed by atoms with Crippen molar-refractivity contribution in [3.63, 3.8) is 0 Å². The van der Waals surface area contributed by atoms with Gasteiger partial charge in [-0.2, -0.15) is 0 Å². The molecule has 0 aromatic rings. The van der Waals surface area contributed by atoms with E-state index in [-0.39, 0.29) is 0 Å². The van der Waals surface area contributed by atoms with Crippen LogP contribution in [-0.2, 0) is 0 Å². The second kappa shape index (κ2) is 5.92. The Morgan fingerprint density at radius 3 is 2.33 bits per heavy atom. The smallest absolute Gasteiger partial charge is 0.0352 e. The molecule has 2 aliphatic rings. The molecule has 0 N–H and O–H groups in total. The van der Waals surface area contributed by atoms with Crippen LogP contribution in [0.2, 0.25) is 0 Å². The lowest BCUT2D eigenvalue weighted by Gasteiger charge is -2.31. The van der Waals surface area contributed by atoms with Gasteiger partial charge in [0.05, 0.1) is 0 Å². The zero-order valence-corrected chi connectivity index (χ0v) is 10.3. The molecular weight excluding hydrogens is 180 g/mol. The average Bonchev–Trinajstić information content (AvgIpc) is 2.31. The molecule has 3 unspecified atom stereocenters. The lowest BCUT2D eigenvalue weighted by molar-refractivity contribution is 0.267. The van der Waals surface area contributed by atoms with Gasteiger partial charge in [0, 0.05) is 0 Å². The zero-order valence-electron chi connectivity index (χ0n) is 10.3. The highest BCUT2D eigenvalue weighted by atomic mass is 14.3. The molecule has 0 nitrogen and oxygen atoms in total. The molecule has 2 aliphatic carbocycles. The van der Waals surface area contributed by atoms with Crippen LogP contribution in [0, 0.1) is 30.6 Å². The summed E-state index contributed by atoms with van der Waals surface area (Å²) in [5.41, 5.74) is 0. The fraction of sp³-hybridized carbons (Fsp3) is 0.867. The molecule has 0 bridgehead atoms. The Morgan fingerprint density at radius 1 is 1.00 bits per heavy atom. The molecular formula is C15H26. The van der Waals surface area contributed by atoms with Gasteiger partial charge in [-0.1, -0.05) is 39.0 Å². The molecule has 0 heteroatoms. The molecule has 2 fully saturated rings. The van der Waals surface area contributed by atoms with Crippen LogP contribution < -0.4 is 0 Å². The van der Waals surface area contributed by atoms with Crippen molar-refractivity contribution in [3.05, 3.63) is 12.8 Å². The van der Waals surface area contributed by atoms with Gasteiger partial charge >= 0.3 is 0 Å². The van der Waals surface area contributed by atoms with Crippen LogP contribution in [0.25, 0.3) is 0 Å². The van der Waals surface area contributed by atoms with Gasteiger partial charge in [0.15, 0.2) is 0 Å². The third-order valence-corrected chi connectivity index (χ3v) is 4.40.